The molecule has 51 heavy (non-hydrogen) atoms. The summed E-state index contributed by atoms with van der Waals surface area (Å²) in [6.07, 6.45) is 2.74. The molecule has 2 aromatic rings. The molecule has 8 nitrogen and oxygen atoms in total. The van der Waals surface area contributed by atoms with Gasteiger partial charge in [0.1, 0.15) is 11.5 Å². The molecule has 0 N–H and O–H groups in total. The molecule has 6 unspecified atom stereocenters. The number of Topliss-reactive ketones (excluding diaryl/α,β-unsaturated/α-hetero) is 2. The second-order valence-corrected chi connectivity index (χ2v) is 17.8. The molecule has 6 atom stereocenters. The van der Waals surface area contributed by atoms with Crippen molar-refractivity contribution in [3.63, 3.8) is 0 Å². The smallest absolute Gasteiger partial charge is 0.179 e. The van der Waals surface area contributed by atoms with Gasteiger partial charge in [-0.1, -0.05) is 55.4 Å². The van der Waals surface area contributed by atoms with Crippen molar-refractivity contribution in [3.8, 4) is 11.5 Å². The number of hydrogen-bond donors (Lipinski definition) is 0. The molecular formula is C43H60O8. The van der Waals surface area contributed by atoms with Gasteiger partial charge in [0.15, 0.2) is 23.8 Å². The maximum atomic E-state index is 13.8. The Bertz CT molecular complexity index is 1630. The Hall–Kier alpha value is -2.78. The van der Waals surface area contributed by atoms with E-state index in [-0.39, 0.29) is 45.1 Å². The summed E-state index contributed by atoms with van der Waals surface area (Å²) in [6, 6.07) is 8.60. The molecule has 0 radical (unpaired) electrons. The van der Waals surface area contributed by atoms with E-state index < -0.39 is 17.6 Å². The number of benzene rings is 2. The van der Waals surface area contributed by atoms with E-state index in [2.05, 4.69) is 79.7 Å². The highest BCUT2D eigenvalue weighted by atomic mass is 16.5. The topological polar surface area (TPSA) is 89.5 Å². The van der Waals surface area contributed by atoms with Crippen LogP contribution in [-0.4, -0.2) is 52.2 Å². The first-order chi connectivity index (χ1) is 23.9. The van der Waals surface area contributed by atoms with Crippen molar-refractivity contribution in [1.29, 1.82) is 0 Å². The van der Waals surface area contributed by atoms with Crippen LogP contribution in [0.5, 0.6) is 11.5 Å². The van der Waals surface area contributed by atoms with Gasteiger partial charge in [0.05, 0.1) is 26.4 Å². The van der Waals surface area contributed by atoms with E-state index >= 15 is 0 Å². The standard InChI is InChI=1S/C43H60O8/c1-39(2,29-17-25(21-46-9)34(26(18-29)22-47-10)50-36-32-14-15-42(7,37(36)45)41(32,5)6)30-19-27(23-48-11)35(28(20-30)24-49-12)51-38-33(44)31-13-16-43(38,8)40(31,3)4/h17-20,31-32,36,38H,13-16,21-24H2,1-12H3. The molecule has 0 spiro atoms. The monoisotopic (exact) mass is 704 g/mol. The summed E-state index contributed by atoms with van der Waals surface area (Å²) >= 11 is 0. The third-order valence-electron chi connectivity index (χ3n) is 14.6. The van der Waals surface area contributed by atoms with Crippen LogP contribution in [0.1, 0.15) is 114 Å². The van der Waals surface area contributed by atoms with Gasteiger partial charge in [0.25, 0.3) is 0 Å². The summed E-state index contributed by atoms with van der Waals surface area (Å²) in [4.78, 5) is 27.5. The van der Waals surface area contributed by atoms with Gasteiger partial charge in [0, 0.05) is 78.8 Å². The van der Waals surface area contributed by atoms with Gasteiger partial charge in [-0.2, -0.15) is 0 Å². The first-order valence-corrected chi connectivity index (χ1v) is 18.6. The van der Waals surface area contributed by atoms with Crippen molar-refractivity contribution in [1.82, 2.24) is 0 Å². The summed E-state index contributed by atoms with van der Waals surface area (Å²) in [6.45, 7) is 18.9. The van der Waals surface area contributed by atoms with Crippen LogP contribution in [0.2, 0.25) is 0 Å². The maximum absolute atomic E-state index is 13.8. The van der Waals surface area contributed by atoms with E-state index in [1.807, 2.05) is 0 Å². The number of rotatable bonds is 14. The predicted molar refractivity (Wildman–Crippen MR) is 196 cm³/mol. The summed E-state index contributed by atoms with van der Waals surface area (Å²) in [5.74, 6) is 1.92. The van der Waals surface area contributed by atoms with Crippen molar-refractivity contribution in [2.24, 2.45) is 33.5 Å². The van der Waals surface area contributed by atoms with Crippen LogP contribution < -0.4 is 9.47 Å². The molecule has 8 heteroatoms. The first-order valence-electron chi connectivity index (χ1n) is 18.6. The van der Waals surface area contributed by atoms with Crippen LogP contribution in [-0.2, 0) is 60.4 Å². The Kier molecular flexibility index (Phi) is 9.87. The molecule has 6 rings (SSSR count). The molecule has 0 amide bonds. The summed E-state index contributed by atoms with van der Waals surface area (Å²) in [5.41, 5.74) is 4.24. The van der Waals surface area contributed by atoms with Gasteiger partial charge in [0.2, 0.25) is 0 Å². The third-order valence-corrected chi connectivity index (χ3v) is 14.6. The average Bonchev–Trinajstić information content (AvgIpc) is 3.55. The largest absolute Gasteiger partial charge is 0.482 e. The zero-order chi connectivity index (χ0) is 37.3. The highest BCUT2D eigenvalue weighted by Crippen LogP contribution is 2.65. The molecule has 0 aliphatic heterocycles. The Labute approximate surface area is 305 Å². The number of methoxy groups -OCH3 is 4. The molecular weight excluding hydrogens is 644 g/mol. The minimum absolute atomic E-state index is 0.00789. The first kappa shape index (κ1) is 38.0. The van der Waals surface area contributed by atoms with Crippen molar-refractivity contribution >= 4 is 11.6 Å². The van der Waals surface area contributed by atoms with Gasteiger partial charge in [-0.15, -0.1) is 0 Å². The maximum Gasteiger partial charge on any atom is 0.179 e. The molecule has 4 aliphatic rings. The van der Waals surface area contributed by atoms with E-state index in [9.17, 15) is 9.59 Å². The summed E-state index contributed by atoms with van der Waals surface area (Å²) in [7, 11) is 6.72. The zero-order valence-electron chi connectivity index (χ0n) is 33.0. The number of ketones is 2. The van der Waals surface area contributed by atoms with Crippen LogP contribution in [0.3, 0.4) is 0 Å². The third kappa shape index (κ3) is 5.61. The second kappa shape index (κ2) is 13.3. The quantitative estimate of drug-likeness (QED) is 0.195. The van der Waals surface area contributed by atoms with Gasteiger partial charge in [-0.3, -0.25) is 9.59 Å². The van der Waals surface area contributed by atoms with Crippen molar-refractivity contribution in [2.75, 3.05) is 28.4 Å². The lowest BCUT2D eigenvalue weighted by Gasteiger charge is -2.38. The van der Waals surface area contributed by atoms with Crippen molar-refractivity contribution in [3.05, 3.63) is 57.6 Å². The molecule has 4 aliphatic carbocycles. The highest BCUT2D eigenvalue weighted by molar-refractivity contribution is 5.94. The zero-order valence-corrected chi connectivity index (χ0v) is 33.0. The SMILES string of the molecule is COCc1cc(C(C)(C)c2cc(COC)c(OC3C(=O)C4CCC3(C)C4(C)C)c(COC)c2)cc(COC)c1OC1C(=O)C2(C)CCC1C2(C)C. The second-order valence-electron chi connectivity index (χ2n) is 17.8. The molecule has 280 valence electrons. The Morgan fingerprint density at radius 3 is 1.47 bits per heavy atom. The predicted octanol–water partition coefficient (Wildman–Crippen LogP) is 8.14. The summed E-state index contributed by atoms with van der Waals surface area (Å²) in [5, 5.41) is 0. The van der Waals surface area contributed by atoms with E-state index in [0.717, 1.165) is 59.1 Å². The molecule has 0 saturated heterocycles. The fourth-order valence-corrected chi connectivity index (χ4v) is 10.3. The van der Waals surface area contributed by atoms with Crippen LogP contribution >= 0.6 is 0 Å². The van der Waals surface area contributed by atoms with Gasteiger partial charge in [-0.05, 0) is 71.9 Å². The number of carbonyl (C=O) groups is 2. The fraction of sp³-hybridized carbons (Fsp3) is 0.674. The van der Waals surface area contributed by atoms with Crippen LogP contribution in [0.4, 0.5) is 0 Å². The van der Waals surface area contributed by atoms with E-state index in [4.69, 9.17) is 28.4 Å². The van der Waals surface area contributed by atoms with Gasteiger partial charge >= 0.3 is 0 Å². The van der Waals surface area contributed by atoms with Crippen LogP contribution in [0.25, 0.3) is 0 Å². The van der Waals surface area contributed by atoms with Gasteiger partial charge < -0.3 is 28.4 Å². The highest BCUT2D eigenvalue weighted by Gasteiger charge is 2.68. The van der Waals surface area contributed by atoms with Crippen LogP contribution in [0, 0.1) is 33.5 Å². The molecule has 0 aromatic heterocycles. The molecule has 4 saturated carbocycles. The summed E-state index contributed by atoms with van der Waals surface area (Å²) < 4.78 is 36.6. The Morgan fingerprint density at radius 2 is 1.10 bits per heavy atom. The lowest BCUT2D eigenvalue weighted by molar-refractivity contribution is -0.134. The van der Waals surface area contributed by atoms with Gasteiger partial charge in [-0.25, -0.2) is 0 Å². The lowest BCUT2D eigenvalue weighted by Crippen LogP contribution is -2.42. The Balaban J connectivity index is 1.41. The minimum Gasteiger partial charge on any atom is -0.482 e. The van der Waals surface area contributed by atoms with E-state index in [1.54, 1.807) is 28.4 Å². The molecule has 2 aromatic carbocycles. The number of ether oxygens (including phenoxy) is 6. The molecule has 4 bridgehead atoms. The van der Waals surface area contributed by atoms with Crippen molar-refractivity contribution < 1.29 is 38.0 Å². The average molecular weight is 705 g/mol. The Morgan fingerprint density at radius 1 is 0.647 bits per heavy atom. The molecule has 0 heterocycles. The fourth-order valence-electron chi connectivity index (χ4n) is 10.3. The molecule has 4 fully saturated rings. The number of hydrogen-bond acceptors (Lipinski definition) is 8. The van der Waals surface area contributed by atoms with Crippen molar-refractivity contribution in [2.45, 2.75) is 125 Å². The minimum atomic E-state index is -0.521. The number of fused-ring (bicyclic) bond motifs is 4. The van der Waals surface area contributed by atoms with E-state index in [1.165, 1.54) is 0 Å². The van der Waals surface area contributed by atoms with E-state index in [0.29, 0.717) is 37.9 Å². The normalized spacial score (nSPS) is 30.4. The number of carbonyl (C=O) groups excluding carboxylic acids is 2. The van der Waals surface area contributed by atoms with Crippen LogP contribution in [0.15, 0.2) is 24.3 Å². The lowest BCUT2D eigenvalue weighted by atomic mass is 9.70.